The molecule has 3 unspecified atom stereocenters. The Kier molecular flexibility index (Phi) is 5.38. The van der Waals surface area contributed by atoms with Crippen LogP contribution in [0.25, 0.3) is 0 Å². The molecule has 7 nitrogen and oxygen atoms in total. The van der Waals surface area contributed by atoms with Crippen LogP contribution >= 0.6 is 0 Å². The molecule has 0 aromatic heterocycles. The highest BCUT2D eigenvalue weighted by molar-refractivity contribution is 5.94. The number of rotatable bonds is 6. The average Bonchev–Trinajstić information content (AvgIpc) is 3.45. The Morgan fingerprint density at radius 1 is 0.903 bits per heavy atom. The van der Waals surface area contributed by atoms with Gasteiger partial charge in [-0.2, -0.15) is 0 Å². The van der Waals surface area contributed by atoms with Crippen LogP contribution in [-0.2, 0) is 14.3 Å². The van der Waals surface area contributed by atoms with E-state index in [0.29, 0.717) is 30.3 Å². The van der Waals surface area contributed by atoms with Crippen LogP contribution in [0.3, 0.4) is 0 Å². The van der Waals surface area contributed by atoms with Crippen molar-refractivity contribution in [2.24, 2.45) is 5.92 Å². The molecule has 2 aliphatic heterocycles. The smallest absolute Gasteiger partial charge is 0.251 e. The fraction of sp³-hybridized carbons (Fsp3) is 0.417. The maximum atomic E-state index is 12.8. The molecule has 4 atom stereocenters. The fourth-order valence-electron chi connectivity index (χ4n) is 4.09. The van der Waals surface area contributed by atoms with Gasteiger partial charge < -0.3 is 24.8 Å². The normalized spacial score (nSPS) is 26.9. The molecule has 7 heteroatoms. The van der Waals surface area contributed by atoms with Crippen LogP contribution in [-0.4, -0.2) is 49.3 Å². The van der Waals surface area contributed by atoms with Gasteiger partial charge in [0.25, 0.3) is 5.91 Å². The lowest BCUT2D eigenvalue weighted by molar-refractivity contribution is -0.123. The standard InChI is InChI=1S/C24H26N2O5/c1-14-5-9-17(10-6-14)31-18-4-2-3-16(11-18)24(28)26-20-13-30-21-19(12-29-22(20)21)25-23(27)15-7-8-15/h2-6,9-11,15,19-22H,7-8,12-13H2,1H3,(H,25,27)(H,26,28)/t19-,20?,21?,22?/m0/s1. The van der Waals surface area contributed by atoms with Crippen LogP contribution in [0.2, 0.25) is 0 Å². The summed E-state index contributed by atoms with van der Waals surface area (Å²) < 4.78 is 17.6. The van der Waals surface area contributed by atoms with E-state index in [9.17, 15) is 9.59 Å². The van der Waals surface area contributed by atoms with Crippen molar-refractivity contribution >= 4 is 11.8 Å². The molecule has 0 bridgehead atoms. The lowest BCUT2D eigenvalue weighted by Gasteiger charge is -2.18. The Hall–Kier alpha value is -2.90. The van der Waals surface area contributed by atoms with E-state index in [1.807, 2.05) is 37.3 Å². The molecule has 3 aliphatic rings. The van der Waals surface area contributed by atoms with Gasteiger partial charge in [-0.25, -0.2) is 0 Å². The predicted molar refractivity (Wildman–Crippen MR) is 113 cm³/mol. The number of aryl methyl sites for hydroxylation is 1. The second-order valence-corrected chi connectivity index (χ2v) is 8.51. The third-order valence-corrected chi connectivity index (χ3v) is 6.00. The Morgan fingerprint density at radius 2 is 1.58 bits per heavy atom. The molecule has 2 aromatic rings. The molecule has 3 fully saturated rings. The molecule has 2 saturated heterocycles. The van der Waals surface area contributed by atoms with Crippen molar-refractivity contribution in [3.05, 3.63) is 59.7 Å². The quantitative estimate of drug-likeness (QED) is 0.747. The van der Waals surface area contributed by atoms with E-state index in [4.69, 9.17) is 14.2 Å². The van der Waals surface area contributed by atoms with Gasteiger partial charge >= 0.3 is 0 Å². The van der Waals surface area contributed by atoms with Gasteiger partial charge in [-0.3, -0.25) is 9.59 Å². The summed E-state index contributed by atoms with van der Waals surface area (Å²) in [6.45, 7) is 2.78. The molecule has 1 saturated carbocycles. The molecule has 0 spiro atoms. The maximum Gasteiger partial charge on any atom is 0.251 e. The number of ether oxygens (including phenoxy) is 3. The largest absolute Gasteiger partial charge is 0.457 e. The lowest BCUT2D eigenvalue weighted by Crippen LogP contribution is -2.47. The number of benzene rings is 2. The van der Waals surface area contributed by atoms with Gasteiger partial charge in [0.1, 0.15) is 23.7 Å². The number of amides is 2. The van der Waals surface area contributed by atoms with Gasteiger partial charge in [0, 0.05) is 11.5 Å². The molecule has 162 valence electrons. The van der Waals surface area contributed by atoms with Gasteiger partial charge in [0.15, 0.2) is 0 Å². The topological polar surface area (TPSA) is 85.9 Å². The molecule has 0 radical (unpaired) electrons. The number of nitrogens with one attached hydrogen (secondary N) is 2. The summed E-state index contributed by atoms with van der Waals surface area (Å²) in [7, 11) is 0. The summed E-state index contributed by atoms with van der Waals surface area (Å²) in [5, 5.41) is 6.05. The Balaban J connectivity index is 1.19. The van der Waals surface area contributed by atoms with Gasteiger partial charge in [-0.05, 0) is 50.1 Å². The third-order valence-electron chi connectivity index (χ3n) is 6.00. The summed E-state index contributed by atoms with van der Waals surface area (Å²) in [5.74, 6) is 1.32. The van der Waals surface area contributed by atoms with E-state index >= 15 is 0 Å². The fourth-order valence-corrected chi connectivity index (χ4v) is 4.09. The Bertz CT molecular complexity index is 972. The summed E-state index contributed by atoms with van der Waals surface area (Å²) >= 11 is 0. The van der Waals surface area contributed by atoms with Crippen LogP contribution in [0.1, 0.15) is 28.8 Å². The zero-order valence-electron chi connectivity index (χ0n) is 17.4. The zero-order valence-corrected chi connectivity index (χ0v) is 17.4. The summed E-state index contributed by atoms with van der Waals surface area (Å²) in [4.78, 5) is 24.9. The molecule has 2 N–H and O–H groups in total. The minimum absolute atomic E-state index is 0.0794. The predicted octanol–water partition coefficient (Wildman–Crippen LogP) is 2.58. The van der Waals surface area contributed by atoms with E-state index in [2.05, 4.69) is 10.6 Å². The van der Waals surface area contributed by atoms with Crippen molar-refractivity contribution in [1.29, 1.82) is 0 Å². The average molecular weight is 422 g/mol. The number of hydrogen-bond acceptors (Lipinski definition) is 5. The highest BCUT2D eigenvalue weighted by atomic mass is 16.6. The van der Waals surface area contributed by atoms with E-state index in [-0.39, 0.29) is 42.0 Å². The van der Waals surface area contributed by atoms with Crippen LogP contribution in [0.4, 0.5) is 0 Å². The Labute approximate surface area is 181 Å². The van der Waals surface area contributed by atoms with Gasteiger partial charge in [-0.1, -0.05) is 23.8 Å². The van der Waals surface area contributed by atoms with Crippen molar-refractivity contribution < 1.29 is 23.8 Å². The summed E-state index contributed by atoms with van der Waals surface area (Å²) in [6, 6.07) is 14.4. The highest BCUT2D eigenvalue weighted by Crippen LogP contribution is 2.31. The monoisotopic (exact) mass is 422 g/mol. The van der Waals surface area contributed by atoms with Crippen molar-refractivity contribution in [2.75, 3.05) is 13.2 Å². The van der Waals surface area contributed by atoms with Crippen molar-refractivity contribution in [3.8, 4) is 11.5 Å². The molecular formula is C24H26N2O5. The molecule has 31 heavy (non-hydrogen) atoms. The van der Waals surface area contributed by atoms with E-state index in [0.717, 1.165) is 18.4 Å². The van der Waals surface area contributed by atoms with Crippen LogP contribution in [0.5, 0.6) is 11.5 Å². The first-order valence-corrected chi connectivity index (χ1v) is 10.8. The van der Waals surface area contributed by atoms with Crippen LogP contribution in [0, 0.1) is 12.8 Å². The van der Waals surface area contributed by atoms with Gasteiger partial charge in [0.2, 0.25) is 5.91 Å². The summed E-state index contributed by atoms with van der Waals surface area (Å²) in [5.41, 5.74) is 1.66. The van der Waals surface area contributed by atoms with Crippen molar-refractivity contribution in [2.45, 2.75) is 44.1 Å². The zero-order chi connectivity index (χ0) is 21.4. The third kappa shape index (κ3) is 4.43. The molecule has 2 amide bonds. The number of fused-ring (bicyclic) bond motifs is 1. The molecule has 1 aliphatic carbocycles. The first-order chi connectivity index (χ1) is 15.1. The number of carbonyl (C=O) groups is 2. The second kappa shape index (κ2) is 8.32. The van der Waals surface area contributed by atoms with Gasteiger partial charge in [-0.15, -0.1) is 0 Å². The summed E-state index contributed by atoms with van der Waals surface area (Å²) in [6.07, 6.45) is 1.42. The number of carbonyl (C=O) groups excluding carboxylic acids is 2. The molecular weight excluding hydrogens is 396 g/mol. The second-order valence-electron chi connectivity index (χ2n) is 8.51. The lowest BCUT2D eigenvalue weighted by atomic mass is 10.1. The van der Waals surface area contributed by atoms with E-state index in [1.165, 1.54) is 0 Å². The molecule has 2 aromatic carbocycles. The minimum Gasteiger partial charge on any atom is -0.457 e. The van der Waals surface area contributed by atoms with Crippen molar-refractivity contribution in [1.82, 2.24) is 10.6 Å². The molecule has 5 rings (SSSR count). The van der Waals surface area contributed by atoms with Crippen LogP contribution < -0.4 is 15.4 Å². The van der Waals surface area contributed by atoms with E-state index < -0.39 is 0 Å². The van der Waals surface area contributed by atoms with Crippen LogP contribution in [0.15, 0.2) is 48.5 Å². The number of hydrogen-bond donors (Lipinski definition) is 2. The van der Waals surface area contributed by atoms with Crippen molar-refractivity contribution in [3.63, 3.8) is 0 Å². The first kappa shape index (κ1) is 20.0. The Morgan fingerprint density at radius 3 is 2.26 bits per heavy atom. The minimum atomic E-state index is -0.263. The highest BCUT2D eigenvalue weighted by Gasteiger charge is 2.49. The SMILES string of the molecule is Cc1ccc(Oc2cccc(C(=O)NC3COC4C3OC[C@@H]4NC(=O)C3CC3)c2)cc1. The van der Waals surface area contributed by atoms with E-state index in [1.54, 1.807) is 18.2 Å². The van der Waals surface area contributed by atoms with Gasteiger partial charge in [0.05, 0.1) is 25.3 Å². The first-order valence-electron chi connectivity index (χ1n) is 10.8. The maximum absolute atomic E-state index is 12.8. The molecule has 2 heterocycles.